The minimum atomic E-state index is -0.656. The van der Waals surface area contributed by atoms with Crippen LogP contribution in [0.5, 0.6) is 0 Å². The smallest absolute Gasteiger partial charge is 0.234 e. The lowest BCUT2D eigenvalue weighted by Crippen LogP contribution is -2.36. The molecule has 1 aliphatic carbocycles. The van der Waals surface area contributed by atoms with E-state index in [0.29, 0.717) is 22.0 Å². The summed E-state index contributed by atoms with van der Waals surface area (Å²) >= 11 is 1.24. The minimum absolute atomic E-state index is 0.0699. The second-order valence-electron chi connectivity index (χ2n) is 7.81. The summed E-state index contributed by atoms with van der Waals surface area (Å²) in [5, 5.41) is 16.4. The summed E-state index contributed by atoms with van der Waals surface area (Å²) in [6, 6.07) is 15.4. The predicted octanol–water partition coefficient (Wildman–Crippen LogP) is 3.64. The first-order valence-electron chi connectivity index (χ1n) is 10.4. The van der Waals surface area contributed by atoms with E-state index in [2.05, 4.69) is 26.7 Å². The lowest BCUT2D eigenvalue weighted by molar-refractivity contribution is -0.119. The average Bonchev–Trinajstić information content (AvgIpc) is 3.62. The van der Waals surface area contributed by atoms with E-state index in [0.717, 1.165) is 18.4 Å². The number of benzene rings is 1. The van der Waals surface area contributed by atoms with Crippen molar-refractivity contribution in [3.63, 3.8) is 0 Å². The topological polar surface area (TPSA) is 107 Å². The summed E-state index contributed by atoms with van der Waals surface area (Å²) < 4.78 is 0. The first-order valence-corrected chi connectivity index (χ1v) is 11.4. The summed E-state index contributed by atoms with van der Waals surface area (Å²) in [6.07, 6.45) is 5.32. The van der Waals surface area contributed by atoms with Crippen LogP contribution in [0.4, 0.5) is 5.69 Å². The van der Waals surface area contributed by atoms with E-state index < -0.39 is 11.8 Å². The molecular formula is C24H23N5O2S. The van der Waals surface area contributed by atoms with Crippen molar-refractivity contribution in [2.24, 2.45) is 10.9 Å². The lowest BCUT2D eigenvalue weighted by Gasteiger charge is -2.30. The summed E-state index contributed by atoms with van der Waals surface area (Å²) in [6.45, 7) is 1.79. The summed E-state index contributed by atoms with van der Waals surface area (Å²) in [4.78, 5) is 34.2. The number of hydrogen-bond acceptors (Lipinski definition) is 6. The number of carbonyl (C=O) groups is 2. The SMILES string of the molecule is CC1=NC(SCC(=O)NC2CC2)=C(C#N)[C@@H](c2ccncc2)C1C(=O)Nc1ccccc1. The zero-order chi connectivity index (χ0) is 22.5. The van der Waals surface area contributed by atoms with Crippen LogP contribution in [-0.4, -0.2) is 34.3 Å². The standard InChI is InChI=1S/C24H23N5O2S/c1-15-21(23(31)29-17-5-3-2-4-6-17)22(16-9-11-26-12-10-16)19(13-25)24(27-15)32-14-20(30)28-18-7-8-18/h2-6,9-12,18,21-22H,7-8,14H2,1H3,(H,28,30)(H,29,31)/t21?,22-/m1/s1. The zero-order valence-corrected chi connectivity index (χ0v) is 18.4. The van der Waals surface area contributed by atoms with E-state index in [9.17, 15) is 14.9 Å². The van der Waals surface area contributed by atoms with Gasteiger partial charge in [-0.3, -0.25) is 14.6 Å². The van der Waals surface area contributed by atoms with E-state index in [-0.39, 0.29) is 23.6 Å². The highest BCUT2D eigenvalue weighted by molar-refractivity contribution is 8.03. The molecule has 1 aromatic heterocycles. The summed E-state index contributed by atoms with van der Waals surface area (Å²) in [7, 11) is 0. The highest BCUT2D eigenvalue weighted by atomic mass is 32.2. The van der Waals surface area contributed by atoms with Gasteiger partial charge in [0.05, 0.1) is 23.3 Å². The molecule has 0 saturated heterocycles. The van der Waals surface area contributed by atoms with Gasteiger partial charge in [0.2, 0.25) is 11.8 Å². The number of nitrogens with one attached hydrogen (secondary N) is 2. The summed E-state index contributed by atoms with van der Waals surface area (Å²) in [5.41, 5.74) is 2.47. The zero-order valence-electron chi connectivity index (χ0n) is 17.6. The van der Waals surface area contributed by atoms with E-state index in [1.54, 1.807) is 19.3 Å². The molecule has 2 N–H and O–H groups in total. The van der Waals surface area contributed by atoms with Crippen LogP contribution < -0.4 is 10.6 Å². The maximum atomic E-state index is 13.3. The van der Waals surface area contributed by atoms with Crippen LogP contribution in [0.15, 0.2) is 70.5 Å². The number of nitrogens with zero attached hydrogens (tertiary/aromatic N) is 3. The third-order valence-corrected chi connectivity index (χ3v) is 6.39. The number of rotatable bonds is 7. The molecule has 2 atom stereocenters. The van der Waals surface area contributed by atoms with Crippen LogP contribution in [0.3, 0.4) is 0 Å². The molecule has 0 radical (unpaired) electrons. The predicted molar refractivity (Wildman–Crippen MR) is 125 cm³/mol. The number of allylic oxidation sites excluding steroid dienone is 1. The molecule has 1 saturated carbocycles. The van der Waals surface area contributed by atoms with Crippen LogP contribution in [-0.2, 0) is 9.59 Å². The molecule has 1 aromatic carbocycles. The number of carbonyl (C=O) groups excluding carboxylic acids is 2. The van der Waals surface area contributed by atoms with Gasteiger partial charge in [0.1, 0.15) is 5.03 Å². The Balaban J connectivity index is 1.64. The first kappa shape index (κ1) is 21.8. The number of nitriles is 1. The van der Waals surface area contributed by atoms with Gasteiger partial charge in [-0.15, -0.1) is 0 Å². The van der Waals surface area contributed by atoms with Crippen molar-refractivity contribution in [1.82, 2.24) is 10.3 Å². The van der Waals surface area contributed by atoms with Crippen LogP contribution in [0.1, 0.15) is 31.2 Å². The third-order valence-electron chi connectivity index (χ3n) is 5.39. The minimum Gasteiger partial charge on any atom is -0.353 e. The molecule has 0 spiro atoms. The second-order valence-corrected chi connectivity index (χ2v) is 8.77. The lowest BCUT2D eigenvalue weighted by atomic mass is 9.77. The van der Waals surface area contributed by atoms with Crippen molar-refractivity contribution in [1.29, 1.82) is 5.26 Å². The van der Waals surface area contributed by atoms with Gasteiger partial charge in [0.25, 0.3) is 0 Å². The number of thioether (sulfide) groups is 1. The molecular weight excluding hydrogens is 422 g/mol. The van der Waals surface area contributed by atoms with Crippen molar-refractivity contribution < 1.29 is 9.59 Å². The molecule has 0 bridgehead atoms. The maximum Gasteiger partial charge on any atom is 0.234 e. The van der Waals surface area contributed by atoms with E-state index in [1.165, 1.54) is 11.8 Å². The Morgan fingerprint density at radius 2 is 1.88 bits per heavy atom. The van der Waals surface area contributed by atoms with E-state index in [1.807, 2.05) is 42.5 Å². The monoisotopic (exact) mass is 445 g/mol. The molecule has 2 aliphatic rings. The summed E-state index contributed by atoms with van der Waals surface area (Å²) in [5.74, 6) is -1.30. The van der Waals surface area contributed by atoms with Crippen molar-refractivity contribution in [2.75, 3.05) is 11.1 Å². The van der Waals surface area contributed by atoms with E-state index in [4.69, 9.17) is 0 Å². The average molecular weight is 446 g/mol. The number of anilines is 1. The molecule has 2 aromatic rings. The van der Waals surface area contributed by atoms with Crippen molar-refractivity contribution >= 4 is 35.0 Å². The van der Waals surface area contributed by atoms with Gasteiger partial charge in [0.15, 0.2) is 0 Å². The Hall–Kier alpha value is -3.44. The van der Waals surface area contributed by atoms with Gasteiger partial charge in [-0.1, -0.05) is 30.0 Å². The fraction of sp³-hybridized carbons (Fsp3) is 0.292. The normalized spacial score (nSPS) is 20.2. The van der Waals surface area contributed by atoms with Gasteiger partial charge >= 0.3 is 0 Å². The molecule has 1 aliphatic heterocycles. The Labute approximate surface area is 191 Å². The number of para-hydroxylation sites is 1. The molecule has 1 unspecified atom stereocenters. The Kier molecular flexibility index (Phi) is 6.66. The highest BCUT2D eigenvalue weighted by Gasteiger charge is 2.39. The number of aliphatic imine (C=N–C) groups is 1. The number of amides is 2. The maximum absolute atomic E-state index is 13.3. The van der Waals surface area contributed by atoms with Crippen molar-refractivity contribution in [2.45, 2.75) is 31.7 Å². The molecule has 162 valence electrons. The molecule has 8 heteroatoms. The van der Waals surface area contributed by atoms with Crippen molar-refractivity contribution in [3.8, 4) is 6.07 Å². The van der Waals surface area contributed by atoms with Gasteiger partial charge in [0, 0.05) is 35.8 Å². The Morgan fingerprint density at radius 3 is 2.53 bits per heavy atom. The number of aromatic nitrogens is 1. The molecule has 2 amide bonds. The Morgan fingerprint density at radius 1 is 1.16 bits per heavy atom. The Bertz CT molecular complexity index is 1100. The van der Waals surface area contributed by atoms with Crippen LogP contribution in [0.2, 0.25) is 0 Å². The van der Waals surface area contributed by atoms with E-state index >= 15 is 0 Å². The van der Waals surface area contributed by atoms with Crippen LogP contribution in [0, 0.1) is 17.2 Å². The molecule has 32 heavy (non-hydrogen) atoms. The fourth-order valence-electron chi connectivity index (χ4n) is 3.70. The highest BCUT2D eigenvalue weighted by Crippen LogP contribution is 2.42. The number of pyridine rings is 1. The largest absolute Gasteiger partial charge is 0.353 e. The van der Waals surface area contributed by atoms with Crippen molar-refractivity contribution in [3.05, 3.63) is 71.0 Å². The second kappa shape index (κ2) is 9.79. The molecule has 2 heterocycles. The third kappa shape index (κ3) is 5.06. The molecule has 4 rings (SSSR count). The fourth-order valence-corrected chi connectivity index (χ4v) is 4.59. The quantitative estimate of drug-likeness (QED) is 0.677. The van der Waals surface area contributed by atoms with Gasteiger partial charge in [-0.2, -0.15) is 5.26 Å². The van der Waals surface area contributed by atoms with Crippen LogP contribution in [0.25, 0.3) is 0 Å². The van der Waals surface area contributed by atoms with Gasteiger partial charge < -0.3 is 10.6 Å². The molecule has 1 fully saturated rings. The molecule has 7 nitrogen and oxygen atoms in total. The number of hydrogen-bond donors (Lipinski definition) is 2. The van der Waals surface area contributed by atoms with Gasteiger partial charge in [-0.25, -0.2) is 4.99 Å². The van der Waals surface area contributed by atoms with Gasteiger partial charge in [-0.05, 0) is 49.6 Å². The van der Waals surface area contributed by atoms with Crippen LogP contribution >= 0.6 is 11.8 Å². The first-order chi connectivity index (χ1) is 15.6.